The van der Waals surface area contributed by atoms with Gasteiger partial charge in [0.25, 0.3) is 0 Å². The van der Waals surface area contributed by atoms with Crippen molar-refractivity contribution in [1.29, 1.82) is 0 Å². The second kappa shape index (κ2) is 8.48. The van der Waals surface area contributed by atoms with Gasteiger partial charge in [-0.3, -0.25) is 0 Å². The second-order valence-electron chi connectivity index (χ2n) is 6.57. The summed E-state index contributed by atoms with van der Waals surface area (Å²) in [6, 6.07) is 31.2. The van der Waals surface area contributed by atoms with Crippen LogP contribution in [0.2, 0.25) is 0 Å². The van der Waals surface area contributed by atoms with E-state index in [9.17, 15) is 4.79 Å². The van der Waals surface area contributed by atoms with Crippen LogP contribution in [0.5, 0.6) is 5.75 Å². The molecule has 4 aromatic rings. The lowest BCUT2D eigenvalue weighted by atomic mass is 10.1. The second-order valence-corrected chi connectivity index (χ2v) is 6.57. The van der Waals surface area contributed by atoms with Crippen LogP contribution in [-0.4, -0.2) is 13.1 Å². The molecule has 0 aliphatic heterocycles. The Morgan fingerprint density at radius 1 is 0.793 bits per heavy atom. The lowest BCUT2D eigenvalue weighted by Crippen LogP contribution is -2.19. The van der Waals surface area contributed by atoms with E-state index in [-0.39, 0.29) is 0 Å². The first-order valence-corrected chi connectivity index (χ1v) is 9.39. The molecular weight excluding hydrogens is 362 g/mol. The third kappa shape index (κ3) is 4.06. The summed E-state index contributed by atoms with van der Waals surface area (Å²) < 4.78 is 11.2. The molecular formula is C25H21NO3. The average molecular weight is 383 g/mol. The van der Waals surface area contributed by atoms with E-state index >= 15 is 0 Å². The molecule has 1 atom stereocenters. The fraction of sp³-hybridized carbons (Fsp3) is 0.0800. The minimum Gasteiger partial charge on any atom is -0.466 e. The zero-order valence-corrected chi connectivity index (χ0v) is 16.0. The summed E-state index contributed by atoms with van der Waals surface area (Å²) in [4.78, 5) is 12.2. The van der Waals surface area contributed by atoms with E-state index in [2.05, 4.69) is 23.5 Å². The minimum atomic E-state index is -0.493. The first-order chi connectivity index (χ1) is 14.3. The molecule has 1 unspecified atom stereocenters. The number of methoxy groups -OCH3 is 1. The maximum atomic E-state index is 12.2. The summed E-state index contributed by atoms with van der Waals surface area (Å²) >= 11 is 0. The van der Waals surface area contributed by atoms with E-state index in [1.807, 2.05) is 60.7 Å². The Morgan fingerprint density at radius 2 is 1.48 bits per heavy atom. The van der Waals surface area contributed by atoms with Gasteiger partial charge in [0.1, 0.15) is 11.3 Å². The Morgan fingerprint density at radius 3 is 2.31 bits per heavy atom. The smallest absolute Gasteiger partial charge is 0.341 e. The number of rotatable bonds is 6. The largest absolute Gasteiger partial charge is 0.466 e. The van der Waals surface area contributed by atoms with Gasteiger partial charge in [-0.15, -0.1) is 0 Å². The molecule has 144 valence electrons. The highest BCUT2D eigenvalue weighted by atomic mass is 16.5. The van der Waals surface area contributed by atoms with Gasteiger partial charge >= 0.3 is 5.97 Å². The quantitative estimate of drug-likeness (QED) is 0.337. The molecule has 0 aromatic heterocycles. The molecule has 0 saturated heterocycles. The zero-order chi connectivity index (χ0) is 20.1. The van der Waals surface area contributed by atoms with Crippen molar-refractivity contribution in [2.45, 2.75) is 6.23 Å². The fourth-order valence-electron chi connectivity index (χ4n) is 3.28. The molecule has 0 bridgehead atoms. The third-order valence-electron chi connectivity index (χ3n) is 4.72. The highest BCUT2D eigenvalue weighted by Crippen LogP contribution is 2.30. The Labute approximate surface area is 169 Å². The first-order valence-electron chi connectivity index (χ1n) is 9.39. The molecule has 4 aromatic carbocycles. The van der Waals surface area contributed by atoms with Gasteiger partial charge in [-0.25, -0.2) is 4.79 Å². The normalized spacial score (nSPS) is 11.6. The molecule has 4 heteroatoms. The number of fused-ring (bicyclic) bond motifs is 1. The van der Waals surface area contributed by atoms with Gasteiger partial charge in [0, 0.05) is 16.6 Å². The lowest BCUT2D eigenvalue weighted by Gasteiger charge is -2.24. The molecule has 4 nitrogen and oxygen atoms in total. The van der Waals surface area contributed by atoms with Crippen molar-refractivity contribution in [3.63, 3.8) is 0 Å². The molecule has 0 aliphatic rings. The van der Waals surface area contributed by atoms with Crippen LogP contribution in [0.15, 0.2) is 97.1 Å². The number of benzene rings is 4. The average Bonchev–Trinajstić information content (AvgIpc) is 2.79. The summed E-state index contributed by atoms with van der Waals surface area (Å²) in [5, 5.41) is 5.73. The van der Waals surface area contributed by atoms with Gasteiger partial charge in [0.2, 0.25) is 0 Å². The zero-order valence-electron chi connectivity index (χ0n) is 16.0. The first kappa shape index (κ1) is 18.6. The molecule has 0 saturated carbocycles. The lowest BCUT2D eigenvalue weighted by molar-refractivity contribution is 0.0594. The molecule has 0 spiro atoms. The predicted octanol–water partition coefficient (Wildman–Crippen LogP) is 5.82. The number of hydrogen-bond donors (Lipinski definition) is 1. The van der Waals surface area contributed by atoms with Gasteiger partial charge in [-0.1, -0.05) is 78.9 Å². The molecule has 29 heavy (non-hydrogen) atoms. The molecule has 0 aliphatic carbocycles. The van der Waals surface area contributed by atoms with Crippen LogP contribution in [0.4, 0.5) is 5.69 Å². The van der Waals surface area contributed by atoms with Crippen LogP contribution in [-0.2, 0) is 4.74 Å². The number of carbonyl (C=O) groups is 1. The SMILES string of the molecule is COC(=O)c1ccccc1OC(Nc1cccc2ccccc12)c1ccccc1. The Hall–Kier alpha value is -3.79. The van der Waals surface area contributed by atoms with Crippen molar-refractivity contribution in [3.05, 3.63) is 108 Å². The van der Waals surface area contributed by atoms with Crippen LogP contribution in [0, 0.1) is 0 Å². The number of carbonyl (C=O) groups excluding carboxylic acids is 1. The van der Waals surface area contributed by atoms with E-state index < -0.39 is 12.2 Å². The van der Waals surface area contributed by atoms with Crippen LogP contribution < -0.4 is 10.1 Å². The summed E-state index contributed by atoms with van der Waals surface area (Å²) in [6.45, 7) is 0. The standard InChI is InChI=1S/C25H21NO3/c1-28-25(27)21-15-7-8-17-23(21)29-24(19-11-3-2-4-12-19)26-22-16-9-13-18-10-5-6-14-20(18)22/h2-17,24,26H,1H3. The molecule has 0 fully saturated rings. The maximum absolute atomic E-state index is 12.2. The Kier molecular flexibility index (Phi) is 5.43. The number of nitrogens with one attached hydrogen (secondary N) is 1. The molecule has 1 N–H and O–H groups in total. The van der Waals surface area contributed by atoms with E-state index in [0.717, 1.165) is 22.0 Å². The van der Waals surface area contributed by atoms with Crippen molar-refractivity contribution in [3.8, 4) is 5.75 Å². The van der Waals surface area contributed by atoms with E-state index in [1.54, 1.807) is 18.2 Å². The Bertz CT molecular complexity index is 1120. The topological polar surface area (TPSA) is 47.6 Å². The highest BCUT2D eigenvalue weighted by Gasteiger charge is 2.19. The number of para-hydroxylation sites is 1. The van der Waals surface area contributed by atoms with Crippen molar-refractivity contribution in [2.24, 2.45) is 0 Å². The molecule has 4 rings (SSSR count). The highest BCUT2D eigenvalue weighted by molar-refractivity contribution is 5.94. The van der Waals surface area contributed by atoms with Gasteiger partial charge in [-0.2, -0.15) is 0 Å². The number of anilines is 1. The van der Waals surface area contributed by atoms with Crippen molar-refractivity contribution < 1.29 is 14.3 Å². The fourth-order valence-corrected chi connectivity index (χ4v) is 3.28. The summed E-state index contributed by atoms with van der Waals surface area (Å²) in [6.07, 6.45) is -0.493. The van der Waals surface area contributed by atoms with Crippen molar-refractivity contribution in [1.82, 2.24) is 0 Å². The third-order valence-corrected chi connectivity index (χ3v) is 4.72. The van der Waals surface area contributed by atoms with Crippen LogP contribution in [0.1, 0.15) is 22.1 Å². The summed E-state index contributed by atoms with van der Waals surface area (Å²) in [5.41, 5.74) is 2.28. The van der Waals surface area contributed by atoms with E-state index in [4.69, 9.17) is 9.47 Å². The number of ether oxygens (including phenoxy) is 2. The van der Waals surface area contributed by atoms with Crippen molar-refractivity contribution in [2.75, 3.05) is 12.4 Å². The predicted molar refractivity (Wildman–Crippen MR) is 115 cm³/mol. The van der Waals surface area contributed by atoms with Crippen LogP contribution >= 0.6 is 0 Å². The maximum Gasteiger partial charge on any atom is 0.341 e. The van der Waals surface area contributed by atoms with Gasteiger partial charge in [0.15, 0.2) is 6.23 Å². The number of esters is 1. The minimum absolute atomic E-state index is 0.385. The number of hydrogen-bond acceptors (Lipinski definition) is 4. The van der Waals surface area contributed by atoms with E-state index in [1.165, 1.54) is 7.11 Å². The molecule has 0 amide bonds. The van der Waals surface area contributed by atoms with E-state index in [0.29, 0.717) is 11.3 Å². The summed E-state index contributed by atoms with van der Waals surface area (Å²) in [7, 11) is 1.36. The Balaban J connectivity index is 1.73. The molecule has 0 heterocycles. The van der Waals surface area contributed by atoms with Gasteiger partial charge in [-0.05, 0) is 23.6 Å². The van der Waals surface area contributed by atoms with Crippen LogP contribution in [0.3, 0.4) is 0 Å². The monoisotopic (exact) mass is 383 g/mol. The van der Waals surface area contributed by atoms with Crippen LogP contribution in [0.25, 0.3) is 10.8 Å². The van der Waals surface area contributed by atoms with Crippen molar-refractivity contribution >= 4 is 22.4 Å². The van der Waals surface area contributed by atoms with Gasteiger partial charge < -0.3 is 14.8 Å². The summed E-state index contributed by atoms with van der Waals surface area (Å²) in [5.74, 6) is 0.0264. The molecule has 0 radical (unpaired) electrons. The van der Waals surface area contributed by atoms with Gasteiger partial charge in [0.05, 0.1) is 7.11 Å².